The molecule has 0 atom stereocenters. The van der Waals surface area contributed by atoms with Crippen LogP contribution in [0.1, 0.15) is 5.56 Å². The maximum Gasteiger partial charge on any atom is 0.0645 e. The van der Waals surface area contributed by atoms with E-state index in [9.17, 15) is 0 Å². The highest BCUT2D eigenvalue weighted by Gasteiger charge is 2.06. The quantitative estimate of drug-likeness (QED) is 0.770. The van der Waals surface area contributed by atoms with E-state index in [0.29, 0.717) is 6.54 Å². The summed E-state index contributed by atoms with van der Waals surface area (Å²) in [5.74, 6) is 0. The topological polar surface area (TPSA) is 41.3 Å². The zero-order chi connectivity index (χ0) is 13.5. The van der Waals surface area contributed by atoms with Crippen molar-refractivity contribution in [2.45, 2.75) is 6.54 Å². The molecule has 0 radical (unpaired) electrons. The van der Waals surface area contributed by atoms with Crippen LogP contribution in [0, 0.1) is 0 Å². The van der Waals surface area contributed by atoms with Crippen LogP contribution in [0.2, 0.25) is 0 Å². The van der Waals surface area contributed by atoms with Crippen LogP contribution in [0.25, 0.3) is 5.69 Å². The van der Waals surface area contributed by atoms with Crippen LogP contribution < -0.4 is 0 Å². The number of aromatic nitrogens is 2. The molecule has 100 valence electrons. The van der Waals surface area contributed by atoms with Gasteiger partial charge in [0.1, 0.15) is 0 Å². The molecule has 0 saturated heterocycles. The highest BCUT2D eigenvalue weighted by atomic mass is 16.3. The molecule has 1 aromatic carbocycles. The van der Waals surface area contributed by atoms with Crippen molar-refractivity contribution in [3.05, 3.63) is 60.9 Å². The van der Waals surface area contributed by atoms with E-state index >= 15 is 0 Å². The first-order valence-corrected chi connectivity index (χ1v) is 6.36. The summed E-state index contributed by atoms with van der Waals surface area (Å²) in [4.78, 5) is 2.12. The number of hydrogen-bond donors (Lipinski definition) is 1. The predicted molar refractivity (Wildman–Crippen MR) is 76.1 cm³/mol. The van der Waals surface area contributed by atoms with Crippen molar-refractivity contribution < 1.29 is 5.11 Å². The third-order valence-electron chi connectivity index (χ3n) is 2.87. The lowest BCUT2D eigenvalue weighted by Gasteiger charge is -2.18. The molecular weight excluding hydrogens is 238 g/mol. The van der Waals surface area contributed by atoms with E-state index in [4.69, 9.17) is 5.11 Å². The van der Waals surface area contributed by atoms with Crippen LogP contribution in [0.3, 0.4) is 0 Å². The lowest BCUT2D eigenvalue weighted by Crippen LogP contribution is -2.26. The Labute approximate surface area is 113 Å². The van der Waals surface area contributed by atoms with E-state index in [1.807, 2.05) is 53.5 Å². The van der Waals surface area contributed by atoms with Crippen molar-refractivity contribution in [3.8, 4) is 5.69 Å². The van der Waals surface area contributed by atoms with Crippen molar-refractivity contribution in [2.75, 3.05) is 19.7 Å². The number of para-hydroxylation sites is 1. The molecular formula is C15H19N3O. The van der Waals surface area contributed by atoms with Gasteiger partial charge in [0.25, 0.3) is 0 Å². The van der Waals surface area contributed by atoms with Crippen LogP contribution in [0.5, 0.6) is 0 Å². The van der Waals surface area contributed by atoms with Gasteiger partial charge in [-0.1, -0.05) is 24.3 Å². The first kappa shape index (κ1) is 13.5. The van der Waals surface area contributed by atoms with Crippen molar-refractivity contribution >= 4 is 0 Å². The minimum atomic E-state index is 0.153. The van der Waals surface area contributed by atoms with Gasteiger partial charge < -0.3 is 5.11 Å². The van der Waals surface area contributed by atoms with Gasteiger partial charge in [0.15, 0.2) is 0 Å². The second-order valence-electron chi connectivity index (χ2n) is 4.38. The summed E-state index contributed by atoms with van der Waals surface area (Å²) in [5, 5.41) is 13.4. The molecule has 4 nitrogen and oxygen atoms in total. The summed E-state index contributed by atoms with van der Waals surface area (Å²) >= 11 is 0. The van der Waals surface area contributed by atoms with Crippen molar-refractivity contribution in [3.63, 3.8) is 0 Å². The highest BCUT2D eigenvalue weighted by Crippen LogP contribution is 2.09. The van der Waals surface area contributed by atoms with E-state index in [1.54, 1.807) is 0 Å². The van der Waals surface area contributed by atoms with Gasteiger partial charge in [0.05, 0.1) is 18.5 Å². The summed E-state index contributed by atoms with van der Waals surface area (Å²) in [7, 11) is 0. The predicted octanol–water partition coefficient (Wildman–Crippen LogP) is 1.85. The Balaban J connectivity index is 2.06. The van der Waals surface area contributed by atoms with Gasteiger partial charge in [-0.15, -0.1) is 6.58 Å². The second-order valence-corrected chi connectivity index (χ2v) is 4.38. The monoisotopic (exact) mass is 257 g/mol. The molecule has 1 N–H and O–H groups in total. The molecule has 0 aliphatic rings. The Kier molecular flexibility index (Phi) is 4.89. The largest absolute Gasteiger partial charge is 0.395 e. The smallest absolute Gasteiger partial charge is 0.0645 e. The molecule has 0 aliphatic carbocycles. The second kappa shape index (κ2) is 6.87. The number of benzene rings is 1. The van der Waals surface area contributed by atoms with Crippen molar-refractivity contribution in [1.82, 2.24) is 14.7 Å². The number of aliphatic hydroxyl groups is 1. The fourth-order valence-electron chi connectivity index (χ4n) is 1.98. The van der Waals surface area contributed by atoms with Gasteiger partial charge in [0.2, 0.25) is 0 Å². The minimum Gasteiger partial charge on any atom is -0.395 e. The minimum absolute atomic E-state index is 0.153. The van der Waals surface area contributed by atoms with Gasteiger partial charge in [-0.25, -0.2) is 4.68 Å². The Morgan fingerprint density at radius 2 is 2.11 bits per heavy atom. The SMILES string of the molecule is C=CCN(CCO)Cc1cnn(-c2ccccc2)c1. The first-order valence-electron chi connectivity index (χ1n) is 6.36. The lowest BCUT2D eigenvalue weighted by molar-refractivity contribution is 0.203. The fourth-order valence-corrected chi connectivity index (χ4v) is 1.98. The van der Waals surface area contributed by atoms with Crippen LogP contribution in [-0.4, -0.2) is 39.5 Å². The Hall–Kier alpha value is -1.91. The van der Waals surface area contributed by atoms with Crippen LogP contribution in [0.4, 0.5) is 0 Å². The number of rotatable bonds is 7. The molecule has 0 bridgehead atoms. The molecule has 0 unspecified atom stereocenters. The summed E-state index contributed by atoms with van der Waals surface area (Å²) in [6.45, 7) is 6.05. The maximum absolute atomic E-state index is 9.03. The van der Waals surface area contributed by atoms with Crippen molar-refractivity contribution in [2.24, 2.45) is 0 Å². The van der Waals surface area contributed by atoms with E-state index < -0.39 is 0 Å². The van der Waals surface area contributed by atoms with E-state index in [0.717, 1.165) is 24.3 Å². The number of aliphatic hydroxyl groups excluding tert-OH is 1. The average Bonchev–Trinajstić information content (AvgIpc) is 2.89. The van der Waals surface area contributed by atoms with Crippen LogP contribution in [-0.2, 0) is 6.54 Å². The third kappa shape index (κ3) is 3.77. The molecule has 0 aliphatic heterocycles. The molecule has 0 fully saturated rings. The maximum atomic E-state index is 9.03. The lowest BCUT2D eigenvalue weighted by atomic mass is 10.3. The summed E-state index contributed by atoms with van der Waals surface area (Å²) in [5.41, 5.74) is 2.17. The molecule has 19 heavy (non-hydrogen) atoms. The fraction of sp³-hybridized carbons (Fsp3) is 0.267. The molecule has 0 saturated carbocycles. The van der Waals surface area contributed by atoms with E-state index in [1.165, 1.54) is 0 Å². The number of nitrogens with zero attached hydrogens (tertiary/aromatic N) is 3. The average molecular weight is 257 g/mol. The van der Waals surface area contributed by atoms with E-state index in [2.05, 4.69) is 16.6 Å². The number of hydrogen-bond acceptors (Lipinski definition) is 3. The van der Waals surface area contributed by atoms with Crippen LogP contribution in [0.15, 0.2) is 55.4 Å². The van der Waals surface area contributed by atoms with Gasteiger partial charge >= 0.3 is 0 Å². The summed E-state index contributed by atoms with van der Waals surface area (Å²) < 4.78 is 1.86. The summed E-state index contributed by atoms with van der Waals surface area (Å²) in [6, 6.07) is 10.0. The Bertz CT molecular complexity index is 507. The van der Waals surface area contributed by atoms with Crippen molar-refractivity contribution in [1.29, 1.82) is 0 Å². The molecule has 2 rings (SSSR count). The zero-order valence-electron chi connectivity index (χ0n) is 10.9. The van der Waals surface area contributed by atoms with Gasteiger partial charge in [-0.05, 0) is 12.1 Å². The summed E-state index contributed by atoms with van der Waals surface area (Å²) in [6.07, 6.45) is 5.72. The molecule has 4 heteroatoms. The van der Waals surface area contributed by atoms with Gasteiger partial charge in [0, 0.05) is 31.4 Å². The molecule has 1 aromatic heterocycles. The van der Waals surface area contributed by atoms with Crippen LogP contribution >= 0.6 is 0 Å². The van der Waals surface area contributed by atoms with E-state index in [-0.39, 0.29) is 6.61 Å². The van der Waals surface area contributed by atoms with Gasteiger partial charge in [-0.2, -0.15) is 5.10 Å². The molecule has 2 aromatic rings. The first-order chi connectivity index (χ1) is 9.33. The Morgan fingerprint density at radius 3 is 2.79 bits per heavy atom. The Morgan fingerprint density at radius 1 is 1.32 bits per heavy atom. The highest BCUT2D eigenvalue weighted by molar-refractivity contribution is 5.30. The molecule has 0 spiro atoms. The third-order valence-corrected chi connectivity index (χ3v) is 2.87. The zero-order valence-corrected chi connectivity index (χ0v) is 10.9. The van der Waals surface area contributed by atoms with Gasteiger partial charge in [-0.3, -0.25) is 4.90 Å². The standard InChI is InChI=1S/C15H19N3O/c1-2-8-17(9-10-19)12-14-11-16-18(13-14)15-6-4-3-5-7-15/h2-7,11,13,19H,1,8-10,12H2. The molecule has 0 amide bonds. The normalized spacial score (nSPS) is 10.8. The molecule has 1 heterocycles.